The predicted molar refractivity (Wildman–Crippen MR) is 96.1 cm³/mol. The van der Waals surface area contributed by atoms with Gasteiger partial charge in [0.15, 0.2) is 0 Å². The Bertz CT molecular complexity index is 849. The van der Waals surface area contributed by atoms with Crippen LogP contribution in [0, 0.1) is 11.8 Å². The molecular weight excluding hydrogens is 400 g/mol. The lowest BCUT2D eigenvalue weighted by atomic mass is 9.74. The zero-order valence-electron chi connectivity index (χ0n) is 16.0. The summed E-state index contributed by atoms with van der Waals surface area (Å²) < 4.78 is 22.5. The van der Waals surface area contributed by atoms with Gasteiger partial charge in [-0.05, 0) is 25.0 Å². The van der Waals surface area contributed by atoms with Gasteiger partial charge in [0.2, 0.25) is 12.0 Å². The zero-order valence-corrected chi connectivity index (χ0v) is 16.0. The predicted octanol–water partition coefficient (Wildman–Crippen LogP) is -1.78. The maximum atomic E-state index is 12.8. The maximum Gasteiger partial charge on any atom is 0.377 e. The summed E-state index contributed by atoms with van der Waals surface area (Å²) in [6.45, 7) is 3.37. The second kappa shape index (κ2) is 6.60. The van der Waals surface area contributed by atoms with E-state index in [1.54, 1.807) is 6.08 Å². The van der Waals surface area contributed by atoms with E-state index in [0.717, 1.165) is 5.57 Å². The molecule has 2 aliphatic carbocycles. The molecule has 0 aromatic heterocycles. The second-order valence-electron chi connectivity index (χ2n) is 8.51. The summed E-state index contributed by atoms with van der Waals surface area (Å²) in [5.41, 5.74) is -0.218. The van der Waals surface area contributed by atoms with E-state index < -0.39 is 60.6 Å². The molecule has 4 aliphatic heterocycles. The molecule has 164 valence electrons. The number of rotatable bonds is 3. The van der Waals surface area contributed by atoms with Crippen molar-refractivity contribution < 1.29 is 49.3 Å². The molecule has 2 saturated heterocycles. The van der Waals surface area contributed by atoms with Gasteiger partial charge < -0.3 is 44.5 Å². The van der Waals surface area contributed by atoms with Crippen molar-refractivity contribution in [1.82, 2.24) is 0 Å². The summed E-state index contributed by atoms with van der Waals surface area (Å²) >= 11 is 0. The Morgan fingerprint density at radius 2 is 2.00 bits per heavy atom. The molecule has 0 aromatic carbocycles. The van der Waals surface area contributed by atoms with Crippen LogP contribution in [0.4, 0.5) is 0 Å². The van der Waals surface area contributed by atoms with E-state index in [1.165, 1.54) is 6.08 Å². The van der Waals surface area contributed by atoms with Gasteiger partial charge in [-0.1, -0.05) is 12.2 Å². The van der Waals surface area contributed by atoms with Crippen LogP contribution in [-0.2, 0) is 23.7 Å². The molecule has 1 saturated carbocycles. The van der Waals surface area contributed by atoms with Crippen molar-refractivity contribution in [3.8, 4) is 0 Å². The Kier molecular flexibility index (Phi) is 4.43. The third-order valence-corrected chi connectivity index (χ3v) is 6.86. The Labute approximate surface area is 171 Å². The molecule has 30 heavy (non-hydrogen) atoms. The Morgan fingerprint density at radius 3 is 2.73 bits per heavy atom. The van der Waals surface area contributed by atoms with Gasteiger partial charge in [-0.2, -0.15) is 0 Å². The van der Waals surface area contributed by atoms with Crippen LogP contribution >= 0.6 is 0 Å². The standard InChI is InChI=1S/C20H24O10/c1-8-2-3-9-12(8)20-10(4-5-19(9,26)7-27-20)16(17(25)30-20)29-18-15(24)14(23)13(22)11(6-21)28-18/h4-5,9,11-15,18,21-24,26H,1-3,6-7H2/t9-,11+,12+,13+,14-,15+,18-,19+,20+/m0/s1. The zero-order chi connectivity index (χ0) is 21.4. The van der Waals surface area contributed by atoms with Gasteiger partial charge in [0.25, 0.3) is 5.79 Å². The average Bonchev–Trinajstić information content (AvgIpc) is 3.16. The Hall–Kier alpha value is -1.79. The van der Waals surface area contributed by atoms with Gasteiger partial charge >= 0.3 is 5.97 Å². The topological polar surface area (TPSA) is 155 Å². The number of fused-ring (bicyclic) bond motifs is 1. The van der Waals surface area contributed by atoms with Crippen LogP contribution in [0.2, 0.25) is 0 Å². The number of carbonyl (C=O) groups excluding carboxylic acids is 1. The molecule has 5 N–H and O–H groups in total. The Morgan fingerprint density at radius 1 is 1.23 bits per heavy atom. The summed E-state index contributed by atoms with van der Waals surface area (Å²) in [5.74, 6) is -3.36. The largest absolute Gasteiger partial charge is 0.454 e. The molecule has 0 radical (unpaired) electrons. The molecular formula is C20H24O10. The van der Waals surface area contributed by atoms with Crippen LogP contribution in [-0.4, -0.2) is 86.8 Å². The first-order valence-electron chi connectivity index (χ1n) is 9.90. The molecule has 9 atom stereocenters. The fourth-order valence-electron chi connectivity index (χ4n) is 5.27. The van der Waals surface area contributed by atoms with Gasteiger partial charge in [0.05, 0.1) is 24.7 Å². The van der Waals surface area contributed by atoms with Crippen molar-refractivity contribution in [3.63, 3.8) is 0 Å². The van der Waals surface area contributed by atoms with E-state index in [-0.39, 0.29) is 23.9 Å². The van der Waals surface area contributed by atoms with Crippen LogP contribution in [0.3, 0.4) is 0 Å². The fourth-order valence-corrected chi connectivity index (χ4v) is 5.27. The highest BCUT2D eigenvalue weighted by molar-refractivity contribution is 5.92. The van der Waals surface area contributed by atoms with E-state index in [9.17, 15) is 30.3 Å². The number of esters is 1. The van der Waals surface area contributed by atoms with E-state index >= 15 is 0 Å². The van der Waals surface area contributed by atoms with E-state index in [1.807, 2.05) is 0 Å². The van der Waals surface area contributed by atoms with Crippen LogP contribution in [0.5, 0.6) is 0 Å². The third-order valence-electron chi connectivity index (χ3n) is 6.86. The van der Waals surface area contributed by atoms with Gasteiger partial charge in [-0.15, -0.1) is 0 Å². The first-order valence-corrected chi connectivity index (χ1v) is 9.90. The molecule has 1 spiro atoms. The van der Waals surface area contributed by atoms with Crippen molar-refractivity contribution in [1.29, 1.82) is 0 Å². The van der Waals surface area contributed by atoms with Crippen molar-refractivity contribution in [2.45, 2.75) is 54.9 Å². The molecule has 4 heterocycles. The minimum atomic E-state index is -1.69. The maximum absolute atomic E-state index is 12.8. The highest BCUT2D eigenvalue weighted by Crippen LogP contribution is 2.59. The number of carbonyl (C=O) groups is 1. The molecule has 10 heteroatoms. The first kappa shape index (κ1) is 20.1. The minimum absolute atomic E-state index is 0.0674. The highest BCUT2D eigenvalue weighted by Gasteiger charge is 2.67. The van der Waals surface area contributed by atoms with E-state index in [4.69, 9.17) is 18.9 Å². The molecule has 6 aliphatic rings. The summed E-state index contributed by atoms with van der Waals surface area (Å²) in [5, 5.41) is 50.6. The normalized spacial score (nSPS) is 49.7. The smallest absolute Gasteiger partial charge is 0.377 e. The van der Waals surface area contributed by atoms with Crippen LogP contribution in [0.15, 0.2) is 35.6 Å². The number of aliphatic hydroxyl groups is 5. The molecule has 0 aromatic rings. The molecule has 10 nitrogen and oxygen atoms in total. The summed E-state index contributed by atoms with van der Waals surface area (Å²) in [6.07, 6.45) is -3.24. The average molecular weight is 424 g/mol. The Balaban J connectivity index is 1.54. The highest BCUT2D eigenvalue weighted by atomic mass is 16.8. The van der Waals surface area contributed by atoms with Gasteiger partial charge in [0, 0.05) is 5.92 Å². The first-order chi connectivity index (χ1) is 14.2. The fraction of sp³-hybridized carbons (Fsp3) is 0.650. The lowest BCUT2D eigenvalue weighted by Crippen LogP contribution is -2.59. The number of ether oxygens (including phenoxy) is 4. The molecule has 2 bridgehead atoms. The monoisotopic (exact) mass is 424 g/mol. The quantitative estimate of drug-likeness (QED) is 0.259. The van der Waals surface area contributed by atoms with Gasteiger partial charge in [0.1, 0.15) is 30.0 Å². The van der Waals surface area contributed by atoms with Crippen molar-refractivity contribution in [2.24, 2.45) is 11.8 Å². The molecule has 6 rings (SSSR count). The second-order valence-corrected chi connectivity index (χ2v) is 8.51. The lowest BCUT2D eigenvalue weighted by Gasteiger charge is -2.46. The van der Waals surface area contributed by atoms with Crippen molar-refractivity contribution in [2.75, 3.05) is 13.2 Å². The van der Waals surface area contributed by atoms with Crippen molar-refractivity contribution >= 4 is 5.97 Å². The SMILES string of the molecule is C=C1CC[C@H]2[C@@H]1[C@@]13OC[C@]2(O)C=CC1=C(O[C@@H]1O[C@H](CO)[C@@H](O)[C@H](O)[C@H]1O)C(=O)O3. The van der Waals surface area contributed by atoms with Gasteiger partial charge in [-0.3, -0.25) is 0 Å². The summed E-state index contributed by atoms with van der Waals surface area (Å²) in [7, 11) is 0. The molecule has 0 unspecified atom stereocenters. The number of hydrogen-bond donors (Lipinski definition) is 5. The lowest BCUT2D eigenvalue weighted by molar-refractivity contribution is -0.291. The third kappa shape index (κ3) is 2.53. The number of aliphatic hydroxyl groups excluding tert-OH is 4. The summed E-state index contributed by atoms with van der Waals surface area (Å²) in [4.78, 5) is 12.8. The number of hydrogen-bond acceptors (Lipinski definition) is 10. The van der Waals surface area contributed by atoms with E-state index in [2.05, 4.69) is 6.58 Å². The van der Waals surface area contributed by atoms with Crippen LogP contribution in [0.25, 0.3) is 0 Å². The molecule has 3 fully saturated rings. The molecule has 0 amide bonds. The van der Waals surface area contributed by atoms with Crippen molar-refractivity contribution in [3.05, 3.63) is 35.6 Å². The van der Waals surface area contributed by atoms with Crippen LogP contribution in [0.1, 0.15) is 12.8 Å². The minimum Gasteiger partial charge on any atom is -0.454 e. The van der Waals surface area contributed by atoms with E-state index in [0.29, 0.717) is 12.8 Å². The summed E-state index contributed by atoms with van der Waals surface area (Å²) in [6, 6.07) is 0. The van der Waals surface area contributed by atoms with Gasteiger partial charge in [-0.25, -0.2) is 4.79 Å². The van der Waals surface area contributed by atoms with Crippen LogP contribution < -0.4 is 0 Å².